The van der Waals surface area contributed by atoms with Crippen molar-refractivity contribution in [1.82, 2.24) is 10.2 Å². The van der Waals surface area contributed by atoms with E-state index in [1.165, 1.54) is 18.2 Å². The van der Waals surface area contributed by atoms with Gasteiger partial charge < -0.3 is 14.6 Å². The maximum absolute atomic E-state index is 11.9. The fraction of sp³-hybridized carbons (Fsp3) is 0.294. The number of hydrogen-bond donors (Lipinski definition) is 1. The largest absolute Gasteiger partial charge is 0.423 e. The molecule has 1 saturated heterocycles. The van der Waals surface area contributed by atoms with Crippen molar-refractivity contribution in [3.8, 4) is 0 Å². The zero-order chi connectivity index (χ0) is 18.0. The second-order valence-corrected chi connectivity index (χ2v) is 5.81. The molecule has 0 saturated carbocycles. The smallest absolute Gasteiger partial charge is 0.336 e. The molecule has 1 amide bonds. The highest BCUT2D eigenvalue weighted by Crippen LogP contribution is 2.28. The van der Waals surface area contributed by atoms with Gasteiger partial charge in [-0.05, 0) is 25.0 Å². The minimum absolute atomic E-state index is 0.0215. The van der Waals surface area contributed by atoms with Gasteiger partial charge in [0.15, 0.2) is 0 Å². The summed E-state index contributed by atoms with van der Waals surface area (Å²) in [7, 11) is 0. The summed E-state index contributed by atoms with van der Waals surface area (Å²) in [4.78, 5) is 35.7. The topological polar surface area (TPSA) is 106 Å². The van der Waals surface area contributed by atoms with E-state index in [4.69, 9.17) is 4.42 Å². The molecule has 0 unspecified atom stereocenters. The first kappa shape index (κ1) is 16.8. The molecule has 2 heterocycles. The normalized spacial score (nSPS) is 15.0. The van der Waals surface area contributed by atoms with E-state index in [0.717, 1.165) is 0 Å². The third-order valence-electron chi connectivity index (χ3n) is 4.18. The van der Waals surface area contributed by atoms with Gasteiger partial charge in [0.25, 0.3) is 5.69 Å². The first-order valence-electron chi connectivity index (χ1n) is 7.86. The Kier molecular flexibility index (Phi) is 4.62. The van der Waals surface area contributed by atoms with Crippen molar-refractivity contribution in [3.63, 3.8) is 0 Å². The van der Waals surface area contributed by atoms with Gasteiger partial charge in [0.2, 0.25) is 5.91 Å². The summed E-state index contributed by atoms with van der Waals surface area (Å²) in [5, 5.41) is 14.8. The number of benzene rings is 1. The number of carbonyl (C=O) groups excluding carboxylic acids is 1. The van der Waals surface area contributed by atoms with Crippen LogP contribution >= 0.6 is 0 Å². The molecule has 2 aromatic rings. The lowest BCUT2D eigenvalue weighted by Crippen LogP contribution is -2.46. The Morgan fingerprint density at radius 3 is 2.76 bits per heavy atom. The number of aryl methyl sites for hydroxylation is 1. The van der Waals surface area contributed by atoms with Crippen LogP contribution in [0.15, 0.2) is 45.8 Å². The number of nitrogens with zero attached hydrogens (tertiary/aromatic N) is 2. The summed E-state index contributed by atoms with van der Waals surface area (Å²) < 4.78 is 5.10. The highest BCUT2D eigenvalue weighted by atomic mass is 16.6. The van der Waals surface area contributed by atoms with E-state index in [-0.39, 0.29) is 18.1 Å². The fourth-order valence-electron chi connectivity index (χ4n) is 3.01. The first-order valence-corrected chi connectivity index (χ1v) is 7.86. The molecule has 1 fully saturated rings. The highest BCUT2D eigenvalue weighted by molar-refractivity contribution is 5.84. The zero-order valence-electron chi connectivity index (χ0n) is 13.5. The minimum atomic E-state index is -0.505. The number of hydrogen-bond acceptors (Lipinski definition) is 6. The van der Waals surface area contributed by atoms with Gasteiger partial charge in [-0.15, -0.1) is 0 Å². The van der Waals surface area contributed by atoms with E-state index in [2.05, 4.69) is 11.9 Å². The number of carbonyl (C=O) groups is 1. The summed E-state index contributed by atoms with van der Waals surface area (Å²) >= 11 is 0. The maximum Gasteiger partial charge on any atom is 0.336 e. The van der Waals surface area contributed by atoms with Crippen molar-refractivity contribution < 1.29 is 14.1 Å². The number of nitro groups is 1. The molecule has 25 heavy (non-hydrogen) atoms. The lowest BCUT2D eigenvalue weighted by atomic mass is 10.0. The number of amides is 1. The van der Waals surface area contributed by atoms with Gasteiger partial charge >= 0.3 is 5.63 Å². The Morgan fingerprint density at radius 1 is 1.24 bits per heavy atom. The second kappa shape index (κ2) is 6.86. The van der Waals surface area contributed by atoms with Crippen LogP contribution < -0.4 is 10.9 Å². The van der Waals surface area contributed by atoms with Crippen molar-refractivity contribution in [2.45, 2.75) is 12.8 Å². The van der Waals surface area contributed by atoms with Crippen LogP contribution in [-0.2, 0) is 11.2 Å². The zero-order valence-corrected chi connectivity index (χ0v) is 13.5. The first-order chi connectivity index (χ1) is 12.0. The Morgan fingerprint density at radius 2 is 2.04 bits per heavy atom. The lowest BCUT2D eigenvalue weighted by molar-refractivity contribution is -0.385. The summed E-state index contributed by atoms with van der Waals surface area (Å²) in [6.07, 6.45) is 0.912. The Bertz CT molecular complexity index is 902. The average molecular weight is 343 g/mol. The Labute approximate surface area is 142 Å². The molecule has 0 aliphatic carbocycles. The molecular weight excluding hydrogens is 326 g/mol. The molecule has 3 rings (SSSR count). The van der Waals surface area contributed by atoms with E-state index in [1.54, 1.807) is 11.0 Å². The van der Waals surface area contributed by atoms with E-state index < -0.39 is 10.5 Å². The molecule has 1 aromatic heterocycles. The van der Waals surface area contributed by atoms with Gasteiger partial charge in [-0.25, -0.2) is 4.79 Å². The molecule has 0 spiro atoms. The van der Waals surface area contributed by atoms with Crippen molar-refractivity contribution in [2.75, 3.05) is 19.6 Å². The number of nitro benzene ring substituents is 1. The summed E-state index contributed by atoms with van der Waals surface area (Å²) in [6, 6.07) is 5.56. The minimum Gasteiger partial charge on any atom is -0.423 e. The number of nitrogens with one attached hydrogen (secondary N) is 1. The van der Waals surface area contributed by atoms with Crippen LogP contribution in [0.1, 0.15) is 12.0 Å². The Hall–Kier alpha value is -3.00. The quantitative estimate of drug-likeness (QED) is 0.502. The molecule has 1 aromatic carbocycles. The third-order valence-corrected chi connectivity index (χ3v) is 4.18. The second-order valence-electron chi connectivity index (χ2n) is 5.81. The molecule has 0 radical (unpaired) electrons. The van der Waals surface area contributed by atoms with E-state index in [1.807, 2.05) is 0 Å². The van der Waals surface area contributed by atoms with Gasteiger partial charge in [0.05, 0.1) is 11.5 Å². The van der Waals surface area contributed by atoms with Crippen LogP contribution in [0.2, 0.25) is 0 Å². The number of piperazine rings is 1. The molecule has 8 heteroatoms. The van der Waals surface area contributed by atoms with Crippen molar-refractivity contribution in [1.29, 1.82) is 0 Å². The van der Waals surface area contributed by atoms with Gasteiger partial charge in [-0.1, -0.05) is 6.58 Å². The SMILES string of the molecule is C=C1CNCC(=O)N1CCCc1c([N+](=O)[O-])ccc2oc(=O)ccc12. The predicted molar refractivity (Wildman–Crippen MR) is 91.2 cm³/mol. The van der Waals surface area contributed by atoms with Crippen molar-refractivity contribution >= 4 is 22.6 Å². The molecule has 0 atom stereocenters. The summed E-state index contributed by atoms with van der Waals surface area (Å²) in [5.74, 6) is -0.0605. The van der Waals surface area contributed by atoms with Crippen molar-refractivity contribution in [3.05, 3.63) is 62.6 Å². The van der Waals surface area contributed by atoms with Crippen LogP contribution in [0.4, 0.5) is 5.69 Å². The number of fused-ring (bicyclic) bond motifs is 1. The lowest BCUT2D eigenvalue weighted by Gasteiger charge is -2.29. The van der Waals surface area contributed by atoms with Gasteiger partial charge in [-0.3, -0.25) is 14.9 Å². The Balaban J connectivity index is 1.85. The molecule has 1 aliphatic rings. The average Bonchev–Trinajstić information content (AvgIpc) is 2.56. The monoisotopic (exact) mass is 343 g/mol. The highest BCUT2D eigenvalue weighted by Gasteiger charge is 2.22. The fourth-order valence-corrected chi connectivity index (χ4v) is 3.01. The van der Waals surface area contributed by atoms with Crippen molar-refractivity contribution in [2.24, 2.45) is 0 Å². The van der Waals surface area contributed by atoms with E-state index in [0.29, 0.717) is 48.2 Å². The molecule has 130 valence electrons. The van der Waals surface area contributed by atoms with Crippen LogP contribution in [0.5, 0.6) is 0 Å². The van der Waals surface area contributed by atoms with E-state index >= 15 is 0 Å². The third kappa shape index (κ3) is 3.43. The molecule has 1 N–H and O–H groups in total. The van der Waals surface area contributed by atoms with Gasteiger partial charge in [0.1, 0.15) is 5.58 Å². The summed E-state index contributed by atoms with van der Waals surface area (Å²) in [6.45, 7) is 5.11. The summed E-state index contributed by atoms with van der Waals surface area (Å²) in [5.41, 5.74) is 0.978. The van der Waals surface area contributed by atoms with Crippen LogP contribution in [0.3, 0.4) is 0 Å². The standard InChI is InChI=1S/C17H17N3O5/c1-11-9-18-10-16(21)19(11)8-2-3-12-13-4-7-17(22)25-15(13)6-5-14(12)20(23)24/h4-7,18H,1-3,8-10H2. The number of rotatable bonds is 5. The maximum atomic E-state index is 11.9. The molecular formula is C17H17N3O5. The van der Waals surface area contributed by atoms with Crippen LogP contribution in [-0.4, -0.2) is 35.4 Å². The van der Waals surface area contributed by atoms with Gasteiger partial charge in [0, 0.05) is 41.9 Å². The predicted octanol–water partition coefficient (Wildman–Crippen LogP) is 1.58. The van der Waals surface area contributed by atoms with Gasteiger partial charge in [-0.2, -0.15) is 0 Å². The van der Waals surface area contributed by atoms with E-state index in [9.17, 15) is 19.7 Å². The molecule has 1 aliphatic heterocycles. The van der Waals surface area contributed by atoms with Crippen LogP contribution in [0, 0.1) is 10.1 Å². The van der Waals surface area contributed by atoms with Crippen LogP contribution in [0.25, 0.3) is 11.0 Å². The molecule has 8 nitrogen and oxygen atoms in total. The molecule has 0 bridgehead atoms.